The van der Waals surface area contributed by atoms with Gasteiger partial charge in [0.25, 0.3) is 0 Å². The smallest absolute Gasteiger partial charge is 0.330 e. The fourth-order valence-corrected chi connectivity index (χ4v) is 6.43. The largest absolute Gasteiger partial charge is 0.494 e. The molecule has 0 amide bonds. The molecule has 7 heteroatoms. The molecule has 6 rings (SSSR count). The van der Waals surface area contributed by atoms with Crippen LogP contribution in [0.4, 0.5) is 11.4 Å². The van der Waals surface area contributed by atoms with Crippen molar-refractivity contribution in [2.75, 3.05) is 13.2 Å². The number of esters is 2. The third-order valence-corrected chi connectivity index (χ3v) is 9.10. The molecule has 0 saturated heterocycles. The maximum atomic E-state index is 12.7. The van der Waals surface area contributed by atoms with E-state index in [1.54, 1.807) is 24.3 Å². The summed E-state index contributed by atoms with van der Waals surface area (Å²) in [7, 11) is 0. The molecule has 51 heavy (non-hydrogen) atoms. The minimum absolute atomic E-state index is 0.248. The van der Waals surface area contributed by atoms with Gasteiger partial charge in [0.2, 0.25) is 0 Å². The Balaban J connectivity index is 0.877. The molecular weight excluding hydrogens is 636 g/mol. The Bertz CT molecular complexity index is 2070. The van der Waals surface area contributed by atoms with Crippen molar-refractivity contribution < 1.29 is 23.8 Å². The van der Waals surface area contributed by atoms with Gasteiger partial charge in [-0.05, 0) is 112 Å². The van der Waals surface area contributed by atoms with Crippen LogP contribution in [-0.4, -0.2) is 25.2 Å². The van der Waals surface area contributed by atoms with Crippen molar-refractivity contribution in [1.29, 1.82) is 0 Å². The topological polar surface area (TPSA) is 86.6 Å². The average molecular weight is 681 g/mol. The predicted octanol–water partition coefficient (Wildman–Crippen LogP) is 11.8. The summed E-state index contributed by atoms with van der Waals surface area (Å²) in [4.78, 5) is 23.7. The number of aryl methyl sites for hydroxylation is 1. The summed E-state index contributed by atoms with van der Waals surface area (Å²) in [5, 5.41) is 16.3. The fraction of sp³-hybridized carbons (Fsp3) is 0.273. The van der Waals surface area contributed by atoms with Crippen molar-refractivity contribution in [3.63, 3.8) is 0 Å². The lowest BCUT2D eigenvalue weighted by Gasteiger charge is -2.13. The Labute approximate surface area is 299 Å². The first-order chi connectivity index (χ1) is 25.1. The number of unbranched alkanes of at least 4 members (excludes halogenated alkanes) is 6. The first-order valence-corrected chi connectivity index (χ1v) is 18.0. The van der Waals surface area contributed by atoms with Gasteiger partial charge in [-0.1, -0.05) is 93.3 Å². The van der Waals surface area contributed by atoms with Crippen LogP contribution in [0.5, 0.6) is 11.5 Å². The Hall–Kier alpha value is -5.56. The van der Waals surface area contributed by atoms with Crippen LogP contribution in [0.3, 0.4) is 0 Å². The van der Waals surface area contributed by atoms with Crippen molar-refractivity contribution in [3.05, 3.63) is 121 Å². The molecule has 0 spiro atoms. The SMILES string of the molecule is C=CC(=O)OCCCCCCCCCOc1ccc(N=Nc2ccc(OC(=O)CCCc3ccc4ccc5cccc6ccc3c4c56)cc2)cc1. The molecule has 0 bridgehead atoms. The second-order valence-corrected chi connectivity index (χ2v) is 12.8. The predicted molar refractivity (Wildman–Crippen MR) is 205 cm³/mol. The molecule has 0 atom stereocenters. The highest BCUT2D eigenvalue weighted by Gasteiger charge is 2.12. The Kier molecular flexibility index (Phi) is 12.4. The van der Waals surface area contributed by atoms with E-state index in [9.17, 15) is 9.59 Å². The van der Waals surface area contributed by atoms with Crippen LogP contribution in [0.2, 0.25) is 0 Å². The highest BCUT2D eigenvalue weighted by Crippen LogP contribution is 2.36. The molecule has 6 aromatic carbocycles. The first-order valence-electron chi connectivity index (χ1n) is 18.0. The molecule has 0 radical (unpaired) electrons. The maximum Gasteiger partial charge on any atom is 0.330 e. The van der Waals surface area contributed by atoms with Gasteiger partial charge < -0.3 is 14.2 Å². The quantitative estimate of drug-likeness (QED) is 0.0212. The van der Waals surface area contributed by atoms with Crippen LogP contribution in [0, 0.1) is 0 Å². The Morgan fingerprint density at radius 2 is 1.16 bits per heavy atom. The lowest BCUT2D eigenvalue weighted by atomic mass is 9.90. The summed E-state index contributed by atoms with van der Waals surface area (Å²) >= 11 is 0. The summed E-state index contributed by atoms with van der Waals surface area (Å²) < 4.78 is 16.5. The van der Waals surface area contributed by atoms with Gasteiger partial charge >= 0.3 is 11.9 Å². The molecule has 0 aliphatic carbocycles. The number of nitrogens with zero attached hydrogens (tertiary/aromatic N) is 2. The van der Waals surface area contributed by atoms with E-state index in [0.29, 0.717) is 37.5 Å². The summed E-state index contributed by atoms with van der Waals surface area (Å²) in [6.45, 7) is 4.54. The van der Waals surface area contributed by atoms with Gasteiger partial charge in [0.1, 0.15) is 11.5 Å². The third-order valence-electron chi connectivity index (χ3n) is 9.10. The zero-order valence-electron chi connectivity index (χ0n) is 29.0. The van der Waals surface area contributed by atoms with Gasteiger partial charge in [0.15, 0.2) is 0 Å². The number of rotatable bonds is 19. The Morgan fingerprint density at radius 3 is 1.82 bits per heavy atom. The summed E-state index contributed by atoms with van der Waals surface area (Å²) in [6, 6.07) is 34.2. The molecule has 0 aliphatic rings. The van der Waals surface area contributed by atoms with E-state index in [2.05, 4.69) is 71.4 Å². The molecule has 6 aromatic rings. The standard InChI is InChI=1S/C44H44N2O5/c1-2-41(47)50-31-9-7-5-3-4-6-8-30-49-38-25-21-36(22-26-38)45-46-37-23-27-39(28-24-37)51-42(48)15-11-12-32-16-17-35-19-18-33-13-10-14-34-20-29-40(32)44(35)43(33)34/h2,10,13-14,16-29H,1,3-9,11-12,15,30-31H2. The van der Waals surface area contributed by atoms with Gasteiger partial charge in [0, 0.05) is 12.5 Å². The average Bonchev–Trinajstić information content (AvgIpc) is 3.16. The molecule has 0 aliphatic heterocycles. The zero-order valence-corrected chi connectivity index (χ0v) is 29.0. The summed E-state index contributed by atoms with van der Waals surface area (Å²) in [5.74, 6) is 0.704. The Morgan fingerprint density at radius 1 is 0.588 bits per heavy atom. The van der Waals surface area contributed by atoms with Crippen molar-refractivity contribution >= 4 is 55.6 Å². The molecule has 0 N–H and O–H groups in total. The van der Waals surface area contributed by atoms with E-state index in [1.807, 2.05) is 24.3 Å². The lowest BCUT2D eigenvalue weighted by molar-refractivity contribution is -0.138. The molecule has 0 saturated carbocycles. The van der Waals surface area contributed by atoms with Crippen LogP contribution in [-0.2, 0) is 20.7 Å². The second-order valence-electron chi connectivity index (χ2n) is 12.8. The maximum absolute atomic E-state index is 12.7. The van der Waals surface area contributed by atoms with Gasteiger partial charge in [0.05, 0.1) is 24.6 Å². The van der Waals surface area contributed by atoms with E-state index in [-0.39, 0.29) is 11.9 Å². The number of carbonyl (C=O) groups excluding carboxylic acids is 2. The number of ether oxygens (including phenoxy) is 3. The molecule has 7 nitrogen and oxygen atoms in total. The van der Waals surface area contributed by atoms with Gasteiger partial charge in [-0.25, -0.2) is 4.79 Å². The minimum Gasteiger partial charge on any atom is -0.494 e. The fourth-order valence-electron chi connectivity index (χ4n) is 6.43. The summed E-state index contributed by atoms with van der Waals surface area (Å²) in [5.41, 5.74) is 2.64. The van der Waals surface area contributed by atoms with Gasteiger partial charge in [-0.15, -0.1) is 0 Å². The van der Waals surface area contributed by atoms with Crippen molar-refractivity contribution in [2.24, 2.45) is 10.2 Å². The van der Waals surface area contributed by atoms with E-state index < -0.39 is 0 Å². The third kappa shape index (κ3) is 9.79. The van der Waals surface area contributed by atoms with Gasteiger partial charge in [-0.3, -0.25) is 4.79 Å². The van der Waals surface area contributed by atoms with E-state index in [4.69, 9.17) is 14.2 Å². The van der Waals surface area contributed by atoms with Crippen molar-refractivity contribution in [3.8, 4) is 11.5 Å². The highest BCUT2D eigenvalue weighted by molar-refractivity contribution is 6.23. The van der Waals surface area contributed by atoms with E-state index in [1.165, 1.54) is 56.8 Å². The van der Waals surface area contributed by atoms with Crippen molar-refractivity contribution in [2.45, 2.75) is 64.2 Å². The number of hydrogen-bond acceptors (Lipinski definition) is 7. The lowest BCUT2D eigenvalue weighted by Crippen LogP contribution is -2.08. The molecule has 260 valence electrons. The molecule has 0 aromatic heterocycles. The van der Waals surface area contributed by atoms with Crippen LogP contribution in [0.1, 0.15) is 63.4 Å². The molecule has 0 fully saturated rings. The first kappa shape index (κ1) is 35.3. The molecule has 0 unspecified atom stereocenters. The second kappa shape index (κ2) is 17.9. The van der Waals surface area contributed by atoms with E-state index in [0.717, 1.165) is 50.0 Å². The van der Waals surface area contributed by atoms with E-state index >= 15 is 0 Å². The molecular formula is C44H44N2O5. The number of hydrogen-bond donors (Lipinski definition) is 0. The van der Waals surface area contributed by atoms with Crippen molar-refractivity contribution in [1.82, 2.24) is 0 Å². The van der Waals surface area contributed by atoms with Gasteiger partial charge in [-0.2, -0.15) is 10.2 Å². The summed E-state index contributed by atoms with van der Waals surface area (Å²) in [6.07, 6.45) is 10.6. The van der Waals surface area contributed by atoms with Crippen LogP contribution >= 0.6 is 0 Å². The zero-order chi connectivity index (χ0) is 35.3. The monoisotopic (exact) mass is 680 g/mol. The van der Waals surface area contributed by atoms with Crippen LogP contribution in [0.25, 0.3) is 32.3 Å². The van der Waals surface area contributed by atoms with Crippen LogP contribution < -0.4 is 9.47 Å². The molecule has 0 heterocycles. The number of carbonyl (C=O) groups is 2. The normalized spacial score (nSPS) is 11.5. The van der Waals surface area contributed by atoms with Crippen LogP contribution in [0.15, 0.2) is 126 Å². The highest BCUT2D eigenvalue weighted by atomic mass is 16.5. The number of benzene rings is 6. The minimum atomic E-state index is -0.350. The number of azo groups is 1.